The standard InChI is InChI=1S/C19H24FN3O3S/c1-19(2,3)23-27(25,26)17-12-14(9-10-15(17)20)22-18(24)16(21)11-13-7-5-4-6-8-13/h4-10,12,16,23H,11,21H2,1-3H3,(H,22,24)/t16-/m0/s1. The number of carbonyl (C=O) groups excluding carboxylic acids is 1. The molecule has 2 aromatic rings. The zero-order chi connectivity index (χ0) is 20.2. The summed E-state index contributed by atoms with van der Waals surface area (Å²) >= 11 is 0. The summed E-state index contributed by atoms with van der Waals surface area (Å²) in [4.78, 5) is 11.8. The van der Waals surface area contributed by atoms with E-state index in [0.717, 1.165) is 17.7 Å². The van der Waals surface area contributed by atoms with Gasteiger partial charge in [0.1, 0.15) is 10.7 Å². The van der Waals surface area contributed by atoms with Crippen LogP contribution in [0.2, 0.25) is 0 Å². The van der Waals surface area contributed by atoms with Crippen LogP contribution in [-0.2, 0) is 21.2 Å². The Labute approximate surface area is 159 Å². The minimum absolute atomic E-state index is 0.152. The maximum absolute atomic E-state index is 14.1. The Hall–Kier alpha value is -2.29. The molecule has 0 aliphatic carbocycles. The van der Waals surface area contributed by atoms with Crippen molar-refractivity contribution in [3.8, 4) is 0 Å². The molecule has 6 nitrogen and oxygen atoms in total. The number of rotatable bonds is 6. The topological polar surface area (TPSA) is 101 Å². The van der Waals surface area contributed by atoms with Crippen LogP contribution in [0.5, 0.6) is 0 Å². The summed E-state index contributed by atoms with van der Waals surface area (Å²) < 4.78 is 41.2. The maximum atomic E-state index is 14.1. The Morgan fingerprint density at radius 2 is 1.78 bits per heavy atom. The van der Waals surface area contributed by atoms with E-state index in [1.807, 2.05) is 30.3 Å². The molecular formula is C19H24FN3O3S. The van der Waals surface area contributed by atoms with Crippen molar-refractivity contribution in [2.75, 3.05) is 5.32 Å². The van der Waals surface area contributed by atoms with Crippen LogP contribution < -0.4 is 15.8 Å². The highest BCUT2D eigenvalue weighted by atomic mass is 32.2. The van der Waals surface area contributed by atoms with E-state index >= 15 is 0 Å². The number of halogens is 1. The van der Waals surface area contributed by atoms with Gasteiger partial charge in [-0.25, -0.2) is 17.5 Å². The molecule has 0 spiro atoms. The largest absolute Gasteiger partial charge is 0.325 e. The smallest absolute Gasteiger partial charge is 0.244 e. The number of sulfonamides is 1. The average Bonchev–Trinajstić information content (AvgIpc) is 2.55. The van der Waals surface area contributed by atoms with Gasteiger partial charge >= 0.3 is 0 Å². The molecule has 2 aromatic carbocycles. The van der Waals surface area contributed by atoms with E-state index in [-0.39, 0.29) is 5.69 Å². The lowest BCUT2D eigenvalue weighted by Crippen LogP contribution is -2.41. The Morgan fingerprint density at radius 3 is 2.37 bits per heavy atom. The predicted octanol–water partition coefficient (Wildman–Crippen LogP) is 2.41. The van der Waals surface area contributed by atoms with Crippen LogP contribution >= 0.6 is 0 Å². The van der Waals surface area contributed by atoms with Crippen molar-refractivity contribution < 1.29 is 17.6 Å². The van der Waals surface area contributed by atoms with E-state index in [1.54, 1.807) is 20.8 Å². The number of carbonyl (C=O) groups is 1. The fourth-order valence-electron chi connectivity index (χ4n) is 2.44. The minimum Gasteiger partial charge on any atom is -0.325 e. The molecule has 0 saturated carbocycles. The van der Waals surface area contributed by atoms with E-state index < -0.39 is 38.2 Å². The lowest BCUT2D eigenvalue weighted by Gasteiger charge is -2.21. The van der Waals surface area contributed by atoms with Gasteiger partial charge in [-0.3, -0.25) is 4.79 Å². The van der Waals surface area contributed by atoms with Gasteiger partial charge in [0.25, 0.3) is 0 Å². The summed E-state index contributed by atoms with van der Waals surface area (Å²) in [7, 11) is -4.08. The molecule has 4 N–H and O–H groups in total. The average molecular weight is 393 g/mol. The number of nitrogens with one attached hydrogen (secondary N) is 2. The fraction of sp³-hybridized carbons (Fsp3) is 0.316. The van der Waals surface area contributed by atoms with Crippen LogP contribution in [0.3, 0.4) is 0 Å². The van der Waals surface area contributed by atoms with Gasteiger partial charge in [-0.2, -0.15) is 0 Å². The molecule has 0 aliphatic rings. The molecule has 0 radical (unpaired) electrons. The summed E-state index contributed by atoms with van der Waals surface area (Å²) in [5.74, 6) is -1.39. The highest BCUT2D eigenvalue weighted by molar-refractivity contribution is 7.89. The van der Waals surface area contributed by atoms with Gasteiger partial charge in [-0.05, 0) is 51.0 Å². The minimum atomic E-state index is -4.08. The van der Waals surface area contributed by atoms with Gasteiger partial charge in [0.05, 0.1) is 6.04 Å². The van der Waals surface area contributed by atoms with Crippen molar-refractivity contribution in [3.05, 3.63) is 59.9 Å². The lowest BCUT2D eigenvalue weighted by atomic mass is 10.1. The normalized spacial score (nSPS) is 13.2. The molecule has 1 atom stereocenters. The summed E-state index contributed by atoms with van der Waals surface area (Å²) in [6.45, 7) is 4.95. The van der Waals surface area contributed by atoms with Gasteiger partial charge in [0, 0.05) is 11.2 Å². The summed E-state index contributed by atoms with van der Waals surface area (Å²) in [5.41, 5.74) is 6.19. The molecule has 8 heteroatoms. The second-order valence-corrected chi connectivity index (χ2v) is 8.94. The van der Waals surface area contributed by atoms with E-state index in [1.165, 1.54) is 6.07 Å². The molecule has 0 aromatic heterocycles. The van der Waals surface area contributed by atoms with Gasteiger partial charge in [-0.15, -0.1) is 0 Å². The first kappa shape index (κ1) is 21.0. The number of nitrogens with two attached hydrogens (primary N) is 1. The third-order valence-corrected chi connectivity index (χ3v) is 5.34. The highest BCUT2D eigenvalue weighted by Gasteiger charge is 2.25. The van der Waals surface area contributed by atoms with Gasteiger partial charge in [0.2, 0.25) is 15.9 Å². The lowest BCUT2D eigenvalue weighted by molar-refractivity contribution is -0.117. The summed E-state index contributed by atoms with van der Waals surface area (Å²) in [5, 5.41) is 2.54. The molecule has 0 heterocycles. The first-order valence-electron chi connectivity index (χ1n) is 8.42. The molecule has 146 valence electrons. The number of benzene rings is 2. The van der Waals surface area contributed by atoms with Crippen molar-refractivity contribution in [1.82, 2.24) is 4.72 Å². The van der Waals surface area contributed by atoms with E-state index in [0.29, 0.717) is 6.42 Å². The molecule has 0 fully saturated rings. The Morgan fingerprint density at radius 1 is 1.15 bits per heavy atom. The number of anilines is 1. The van der Waals surface area contributed by atoms with E-state index in [4.69, 9.17) is 5.73 Å². The summed E-state index contributed by atoms with van der Waals surface area (Å²) in [6.07, 6.45) is 0.324. The molecule has 1 amide bonds. The first-order valence-corrected chi connectivity index (χ1v) is 9.90. The van der Waals surface area contributed by atoms with Crippen molar-refractivity contribution in [1.29, 1.82) is 0 Å². The maximum Gasteiger partial charge on any atom is 0.244 e. The Bertz CT molecular complexity index is 910. The second-order valence-electron chi connectivity index (χ2n) is 7.29. The number of amides is 1. The van der Waals surface area contributed by atoms with Crippen LogP contribution in [0.4, 0.5) is 10.1 Å². The number of hydrogen-bond acceptors (Lipinski definition) is 4. The molecule has 0 saturated heterocycles. The van der Waals surface area contributed by atoms with Gasteiger partial charge in [-0.1, -0.05) is 30.3 Å². The number of hydrogen-bond donors (Lipinski definition) is 3. The Kier molecular flexibility index (Phi) is 6.35. The van der Waals surface area contributed by atoms with Crippen molar-refractivity contribution in [3.63, 3.8) is 0 Å². The monoisotopic (exact) mass is 393 g/mol. The van der Waals surface area contributed by atoms with Crippen LogP contribution in [0.25, 0.3) is 0 Å². The van der Waals surface area contributed by atoms with Crippen LogP contribution in [0.1, 0.15) is 26.3 Å². The molecular weight excluding hydrogens is 369 g/mol. The Balaban J connectivity index is 2.16. The molecule has 2 rings (SSSR count). The zero-order valence-electron chi connectivity index (χ0n) is 15.5. The highest BCUT2D eigenvalue weighted by Crippen LogP contribution is 2.21. The summed E-state index contributed by atoms with van der Waals surface area (Å²) in [6, 6.07) is 11.8. The van der Waals surface area contributed by atoms with Crippen molar-refractivity contribution in [2.24, 2.45) is 5.73 Å². The first-order chi connectivity index (χ1) is 12.5. The van der Waals surface area contributed by atoms with Gasteiger partial charge in [0.15, 0.2) is 0 Å². The molecule has 27 heavy (non-hydrogen) atoms. The van der Waals surface area contributed by atoms with Crippen molar-refractivity contribution in [2.45, 2.75) is 43.7 Å². The predicted molar refractivity (Wildman–Crippen MR) is 103 cm³/mol. The fourth-order valence-corrected chi connectivity index (χ4v) is 3.96. The van der Waals surface area contributed by atoms with Crippen LogP contribution in [-0.4, -0.2) is 25.9 Å². The quantitative estimate of drug-likeness (QED) is 0.701. The molecule has 0 unspecified atom stereocenters. The SMILES string of the molecule is CC(C)(C)NS(=O)(=O)c1cc(NC(=O)[C@@H](N)Cc2ccccc2)ccc1F. The van der Waals surface area contributed by atoms with E-state index in [9.17, 15) is 17.6 Å². The van der Waals surface area contributed by atoms with Crippen molar-refractivity contribution >= 4 is 21.6 Å². The molecule has 0 bridgehead atoms. The zero-order valence-corrected chi connectivity index (χ0v) is 16.3. The van der Waals surface area contributed by atoms with Gasteiger partial charge < -0.3 is 11.1 Å². The van der Waals surface area contributed by atoms with E-state index in [2.05, 4.69) is 10.0 Å². The van der Waals surface area contributed by atoms with Crippen LogP contribution in [0, 0.1) is 5.82 Å². The third kappa shape index (κ3) is 6.13. The molecule has 0 aliphatic heterocycles. The third-order valence-electron chi connectivity index (χ3n) is 3.56. The van der Waals surface area contributed by atoms with Crippen LogP contribution in [0.15, 0.2) is 53.4 Å². The second kappa shape index (κ2) is 8.16.